The van der Waals surface area contributed by atoms with Crippen LogP contribution in [-0.2, 0) is 10.0 Å². The van der Waals surface area contributed by atoms with Crippen LogP contribution in [0, 0.1) is 18.8 Å². The molecule has 0 aliphatic carbocycles. The molecule has 0 aliphatic rings. The van der Waals surface area contributed by atoms with Crippen LogP contribution in [0.2, 0.25) is 0 Å². The molecule has 0 atom stereocenters. The van der Waals surface area contributed by atoms with Crippen molar-refractivity contribution in [3.05, 3.63) is 29.3 Å². The first kappa shape index (κ1) is 13.6. The molecule has 0 saturated heterocycles. The molecule has 2 N–H and O–H groups in total. The molecule has 0 spiro atoms. The molecular formula is C12H15NO3S. The van der Waals surface area contributed by atoms with Gasteiger partial charge in [0.2, 0.25) is 10.0 Å². The van der Waals surface area contributed by atoms with Gasteiger partial charge in [0.05, 0.1) is 11.4 Å². The fourth-order valence-electron chi connectivity index (χ4n) is 1.23. The van der Waals surface area contributed by atoms with E-state index in [1.165, 1.54) is 0 Å². The second-order valence-corrected chi connectivity index (χ2v) is 5.53. The number of aliphatic hydroxyl groups is 1. The molecule has 0 fully saturated rings. The van der Waals surface area contributed by atoms with Crippen LogP contribution in [0.3, 0.4) is 0 Å². The lowest BCUT2D eigenvalue weighted by Crippen LogP contribution is -2.15. The van der Waals surface area contributed by atoms with Gasteiger partial charge < -0.3 is 5.11 Å². The maximum absolute atomic E-state index is 11.5. The summed E-state index contributed by atoms with van der Waals surface area (Å²) < 4.78 is 25.5. The largest absolute Gasteiger partial charge is 0.384 e. The summed E-state index contributed by atoms with van der Waals surface area (Å²) in [5.41, 5.74) is 1.95. The van der Waals surface area contributed by atoms with Crippen molar-refractivity contribution < 1.29 is 13.5 Å². The fourth-order valence-corrected chi connectivity index (χ4v) is 1.87. The number of aliphatic hydroxyl groups excluding tert-OH is 1. The van der Waals surface area contributed by atoms with E-state index in [9.17, 15) is 8.42 Å². The summed E-state index contributed by atoms with van der Waals surface area (Å²) in [7, 11) is -3.32. The molecule has 0 radical (unpaired) electrons. The van der Waals surface area contributed by atoms with E-state index in [4.69, 9.17) is 5.11 Å². The molecule has 0 amide bonds. The van der Waals surface area contributed by atoms with Gasteiger partial charge in [0.25, 0.3) is 0 Å². The Kier molecular flexibility index (Phi) is 4.55. The van der Waals surface area contributed by atoms with Crippen molar-refractivity contribution >= 4 is 15.7 Å². The molecule has 17 heavy (non-hydrogen) atoms. The van der Waals surface area contributed by atoms with Gasteiger partial charge in [-0.2, -0.15) is 0 Å². The number of nitrogens with one attached hydrogen (secondary N) is 1. The SMILES string of the molecule is CCS(=O)(=O)Nc1cc(C)ccc1C#CCO. The molecule has 1 aromatic carbocycles. The van der Waals surface area contributed by atoms with E-state index in [1.807, 2.05) is 13.0 Å². The quantitative estimate of drug-likeness (QED) is 0.793. The van der Waals surface area contributed by atoms with E-state index in [2.05, 4.69) is 16.6 Å². The third-order valence-corrected chi connectivity index (χ3v) is 3.41. The number of sulfonamides is 1. The molecular weight excluding hydrogens is 238 g/mol. The summed E-state index contributed by atoms with van der Waals surface area (Å²) in [4.78, 5) is 0. The van der Waals surface area contributed by atoms with Crippen LogP contribution in [0.1, 0.15) is 18.1 Å². The summed E-state index contributed by atoms with van der Waals surface area (Å²) in [6, 6.07) is 5.28. The Morgan fingerprint density at radius 2 is 2.12 bits per heavy atom. The molecule has 0 unspecified atom stereocenters. The molecule has 4 nitrogen and oxygen atoms in total. The highest BCUT2D eigenvalue weighted by Crippen LogP contribution is 2.18. The lowest BCUT2D eigenvalue weighted by molar-refractivity contribution is 0.350. The minimum Gasteiger partial charge on any atom is -0.384 e. The molecule has 0 saturated carbocycles. The molecule has 0 bridgehead atoms. The lowest BCUT2D eigenvalue weighted by Gasteiger charge is -2.09. The fraction of sp³-hybridized carbons (Fsp3) is 0.333. The molecule has 0 aliphatic heterocycles. The number of anilines is 1. The van der Waals surface area contributed by atoms with Gasteiger partial charge in [0.15, 0.2) is 0 Å². The minimum atomic E-state index is -3.32. The third-order valence-electron chi connectivity index (χ3n) is 2.12. The molecule has 0 heterocycles. The summed E-state index contributed by atoms with van der Waals surface area (Å²) in [6.45, 7) is 3.18. The lowest BCUT2D eigenvalue weighted by atomic mass is 10.1. The zero-order valence-electron chi connectivity index (χ0n) is 9.82. The molecule has 1 rings (SSSR count). The Bertz CT molecular complexity index is 553. The second-order valence-electron chi connectivity index (χ2n) is 3.51. The van der Waals surface area contributed by atoms with Crippen LogP contribution in [0.15, 0.2) is 18.2 Å². The van der Waals surface area contributed by atoms with Crippen molar-refractivity contribution in [1.82, 2.24) is 0 Å². The van der Waals surface area contributed by atoms with Crippen molar-refractivity contribution in [2.45, 2.75) is 13.8 Å². The van der Waals surface area contributed by atoms with E-state index in [-0.39, 0.29) is 12.4 Å². The first-order valence-electron chi connectivity index (χ1n) is 5.19. The van der Waals surface area contributed by atoms with Gasteiger partial charge in [-0.25, -0.2) is 8.42 Å². The van der Waals surface area contributed by atoms with E-state index in [1.54, 1.807) is 19.1 Å². The van der Waals surface area contributed by atoms with Crippen LogP contribution < -0.4 is 4.72 Å². The highest BCUT2D eigenvalue weighted by molar-refractivity contribution is 7.92. The topological polar surface area (TPSA) is 66.4 Å². The molecule has 5 heteroatoms. The average molecular weight is 253 g/mol. The van der Waals surface area contributed by atoms with E-state index >= 15 is 0 Å². The van der Waals surface area contributed by atoms with Crippen molar-refractivity contribution in [3.63, 3.8) is 0 Å². The predicted octanol–water partition coefficient (Wildman–Crippen LogP) is 1.10. The molecule has 1 aromatic rings. The standard InChI is InChI=1S/C12H15NO3S/c1-3-17(15,16)13-12-9-10(2)6-7-11(12)5-4-8-14/h6-7,9,13-14H,3,8H2,1-2H3. The van der Waals surface area contributed by atoms with Gasteiger partial charge in [-0.3, -0.25) is 4.72 Å². The summed E-state index contributed by atoms with van der Waals surface area (Å²) in [5, 5.41) is 8.64. The Hall–Kier alpha value is -1.51. The van der Waals surface area contributed by atoms with Crippen LogP contribution in [0.4, 0.5) is 5.69 Å². The Balaban J connectivity index is 3.16. The predicted molar refractivity (Wildman–Crippen MR) is 68.2 cm³/mol. The van der Waals surface area contributed by atoms with Gasteiger partial charge in [-0.15, -0.1) is 0 Å². The van der Waals surface area contributed by atoms with Gasteiger partial charge in [0.1, 0.15) is 6.61 Å². The summed E-state index contributed by atoms with van der Waals surface area (Å²) in [5.74, 6) is 5.22. The Morgan fingerprint density at radius 1 is 1.41 bits per heavy atom. The van der Waals surface area contributed by atoms with Crippen LogP contribution >= 0.6 is 0 Å². The first-order chi connectivity index (χ1) is 7.98. The first-order valence-corrected chi connectivity index (χ1v) is 6.84. The second kappa shape index (κ2) is 5.71. The Morgan fingerprint density at radius 3 is 2.71 bits per heavy atom. The molecule has 0 aromatic heterocycles. The molecule has 92 valence electrons. The van der Waals surface area contributed by atoms with Crippen LogP contribution in [0.25, 0.3) is 0 Å². The number of aryl methyl sites for hydroxylation is 1. The zero-order chi connectivity index (χ0) is 12.9. The summed E-state index contributed by atoms with van der Waals surface area (Å²) in [6.07, 6.45) is 0. The highest BCUT2D eigenvalue weighted by atomic mass is 32.2. The van der Waals surface area contributed by atoms with Gasteiger partial charge >= 0.3 is 0 Å². The number of rotatable bonds is 3. The van der Waals surface area contributed by atoms with E-state index < -0.39 is 10.0 Å². The van der Waals surface area contributed by atoms with Gasteiger partial charge in [-0.05, 0) is 31.5 Å². The minimum absolute atomic E-state index is 0.00775. The highest BCUT2D eigenvalue weighted by Gasteiger charge is 2.09. The van der Waals surface area contributed by atoms with E-state index in [0.29, 0.717) is 11.3 Å². The van der Waals surface area contributed by atoms with Gasteiger partial charge in [-0.1, -0.05) is 17.9 Å². The van der Waals surface area contributed by atoms with Crippen molar-refractivity contribution in [1.29, 1.82) is 0 Å². The smallest absolute Gasteiger partial charge is 0.232 e. The third kappa shape index (κ3) is 4.10. The summed E-state index contributed by atoms with van der Waals surface area (Å²) >= 11 is 0. The van der Waals surface area contributed by atoms with Crippen molar-refractivity contribution in [2.75, 3.05) is 17.1 Å². The monoisotopic (exact) mass is 253 g/mol. The van der Waals surface area contributed by atoms with Crippen molar-refractivity contribution in [2.24, 2.45) is 0 Å². The maximum atomic E-state index is 11.5. The number of hydrogen-bond acceptors (Lipinski definition) is 3. The van der Waals surface area contributed by atoms with E-state index in [0.717, 1.165) is 5.56 Å². The maximum Gasteiger partial charge on any atom is 0.232 e. The number of hydrogen-bond donors (Lipinski definition) is 2. The van der Waals surface area contributed by atoms with Crippen molar-refractivity contribution in [3.8, 4) is 11.8 Å². The van der Waals surface area contributed by atoms with Crippen LogP contribution in [0.5, 0.6) is 0 Å². The Labute approximate surface area is 102 Å². The normalized spacial score (nSPS) is 10.5. The van der Waals surface area contributed by atoms with Crippen LogP contribution in [-0.4, -0.2) is 25.9 Å². The number of benzene rings is 1. The average Bonchev–Trinajstić information content (AvgIpc) is 2.28. The zero-order valence-corrected chi connectivity index (χ0v) is 10.6. The van der Waals surface area contributed by atoms with Gasteiger partial charge in [0, 0.05) is 5.56 Å².